The molecule has 0 aliphatic carbocycles. The van der Waals surface area contributed by atoms with Gasteiger partial charge in [0.2, 0.25) is 0 Å². The van der Waals surface area contributed by atoms with Gasteiger partial charge >= 0.3 is 0 Å². The van der Waals surface area contributed by atoms with Crippen molar-refractivity contribution in [1.29, 1.82) is 0 Å². The lowest BCUT2D eigenvalue weighted by Gasteiger charge is -2.03. The van der Waals surface area contributed by atoms with Gasteiger partial charge < -0.3 is 0 Å². The molecule has 0 fully saturated rings. The molecule has 1 atom stereocenters. The maximum atomic E-state index is 2.76. The van der Waals surface area contributed by atoms with Gasteiger partial charge in [-0.15, -0.1) is 9.24 Å². The number of hydrogen-bond donors (Lipinski definition) is 0. The molecule has 0 radical (unpaired) electrons. The molecule has 2 aromatic carbocycles. The van der Waals surface area contributed by atoms with E-state index in [9.17, 15) is 0 Å². The minimum absolute atomic E-state index is 1.24. The minimum atomic E-state index is 1.24. The lowest BCUT2D eigenvalue weighted by atomic mass is 10.1. The summed E-state index contributed by atoms with van der Waals surface area (Å²) >= 11 is 0. The Bertz CT molecular complexity index is 393. The predicted octanol–water partition coefficient (Wildman–Crippen LogP) is 2.85. The number of benzene rings is 2. The van der Waals surface area contributed by atoms with E-state index in [1.54, 1.807) is 0 Å². The van der Waals surface area contributed by atoms with Crippen LogP contribution in [-0.2, 0) is 0 Å². The predicted molar refractivity (Wildman–Crippen MR) is 61.2 cm³/mol. The minimum Gasteiger partial charge on any atom is -0.105 e. The fraction of sp³-hybridized carbons (Fsp3) is 0. The molecule has 0 N–H and O–H groups in total. The summed E-state index contributed by atoms with van der Waals surface area (Å²) in [5.41, 5.74) is 2.56. The summed E-state index contributed by atoms with van der Waals surface area (Å²) in [6.45, 7) is 0. The van der Waals surface area contributed by atoms with Crippen molar-refractivity contribution in [3.63, 3.8) is 0 Å². The lowest BCUT2D eigenvalue weighted by Crippen LogP contribution is -1.94. The summed E-state index contributed by atoms with van der Waals surface area (Å²) in [6.07, 6.45) is 0. The standard InChI is InChI=1S/C12H11P/c13-12-9-5-4-8-11(12)10-6-2-1-3-7-10/h1-9H,13H2. The van der Waals surface area contributed by atoms with Crippen LogP contribution in [0.3, 0.4) is 0 Å². The van der Waals surface area contributed by atoms with Gasteiger partial charge in [0, 0.05) is 0 Å². The van der Waals surface area contributed by atoms with Crippen LogP contribution in [0.4, 0.5) is 0 Å². The van der Waals surface area contributed by atoms with E-state index in [0.717, 1.165) is 0 Å². The zero-order valence-electron chi connectivity index (χ0n) is 7.27. The second kappa shape index (κ2) is 3.72. The number of hydrogen-bond acceptors (Lipinski definition) is 0. The van der Waals surface area contributed by atoms with Gasteiger partial charge in [-0.1, -0.05) is 54.6 Å². The average Bonchev–Trinajstić information content (AvgIpc) is 2.20. The molecular weight excluding hydrogens is 175 g/mol. The first-order chi connectivity index (χ1) is 6.38. The first kappa shape index (κ1) is 8.47. The van der Waals surface area contributed by atoms with E-state index in [4.69, 9.17) is 0 Å². The van der Waals surface area contributed by atoms with Gasteiger partial charge in [0.1, 0.15) is 0 Å². The van der Waals surface area contributed by atoms with Crippen LogP contribution in [-0.4, -0.2) is 0 Å². The van der Waals surface area contributed by atoms with Crippen LogP contribution in [0.25, 0.3) is 11.1 Å². The highest BCUT2D eigenvalue weighted by Crippen LogP contribution is 2.17. The van der Waals surface area contributed by atoms with Gasteiger partial charge in [0.25, 0.3) is 0 Å². The topological polar surface area (TPSA) is 0 Å². The van der Waals surface area contributed by atoms with E-state index in [0.29, 0.717) is 0 Å². The van der Waals surface area contributed by atoms with E-state index in [2.05, 4.69) is 57.8 Å². The Balaban J connectivity index is 2.54. The van der Waals surface area contributed by atoms with Crippen LogP contribution in [0.1, 0.15) is 0 Å². The molecular formula is C12H11P. The molecule has 2 rings (SSSR count). The van der Waals surface area contributed by atoms with E-state index in [1.165, 1.54) is 16.4 Å². The van der Waals surface area contributed by atoms with Gasteiger partial charge in [0.15, 0.2) is 0 Å². The molecule has 1 heteroatoms. The van der Waals surface area contributed by atoms with Crippen LogP contribution >= 0.6 is 9.24 Å². The van der Waals surface area contributed by atoms with Crippen molar-refractivity contribution in [1.82, 2.24) is 0 Å². The summed E-state index contributed by atoms with van der Waals surface area (Å²) in [7, 11) is 2.76. The van der Waals surface area contributed by atoms with Gasteiger partial charge in [-0.05, 0) is 16.4 Å². The fourth-order valence-corrected chi connectivity index (χ4v) is 1.75. The van der Waals surface area contributed by atoms with Gasteiger partial charge in [-0.25, -0.2) is 0 Å². The Hall–Kier alpha value is -1.13. The first-order valence-corrected chi connectivity index (χ1v) is 4.85. The highest BCUT2D eigenvalue weighted by molar-refractivity contribution is 7.28. The van der Waals surface area contributed by atoms with Crippen molar-refractivity contribution in [2.24, 2.45) is 0 Å². The molecule has 64 valence electrons. The molecule has 0 heterocycles. The highest BCUT2D eigenvalue weighted by Gasteiger charge is 1.97. The third kappa shape index (κ3) is 1.79. The molecule has 0 amide bonds. The molecule has 0 saturated carbocycles. The van der Waals surface area contributed by atoms with Crippen LogP contribution in [0.15, 0.2) is 54.6 Å². The third-order valence-electron chi connectivity index (χ3n) is 2.05. The van der Waals surface area contributed by atoms with Gasteiger partial charge in [-0.2, -0.15) is 0 Å². The van der Waals surface area contributed by atoms with Crippen LogP contribution in [0.2, 0.25) is 0 Å². The van der Waals surface area contributed by atoms with E-state index >= 15 is 0 Å². The Labute approximate surface area is 80.8 Å². The largest absolute Gasteiger partial charge is 0.105 e. The third-order valence-corrected chi connectivity index (χ3v) is 2.55. The zero-order valence-corrected chi connectivity index (χ0v) is 8.43. The summed E-state index contributed by atoms with van der Waals surface area (Å²) in [5, 5.41) is 1.24. The first-order valence-electron chi connectivity index (χ1n) is 4.28. The summed E-state index contributed by atoms with van der Waals surface area (Å²) in [4.78, 5) is 0. The van der Waals surface area contributed by atoms with Crippen molar-refractivity contribution in [2.45, 2.75) is 0 Å². The second-order valence-corrected chi connectivity index (χ2v) is 3.58. The van der Waals surface area contributed by atoms with Crippen molar-refractivity contribution < 1.29 is 0 Å². The Morgan fingerprint density at radius 1 is 0.692 bits per heavy atom. The molecule has 0 nitrogen and oxygen atoms in total. The maximum Gasteiger partial charge on any atom is -0.0112 e. The van der Waals surface area contributed by atoms with Gasteiger partial charge in [0.05, 0.1) is 0 Å². The van der Waals surface area contributed by atoms with E-state index < -0.39 is 0 Å². The molecule has 0 spiro atoms. The van der Waals surface area contributed by atoms with Gasteiger partial charge in [-0.3, -0.25) is 0 Å². The van der Waals surface area contributed by atoms with Crippen molar-refractivity contribution in [3.05, 3.63) is 54.6 Å². The normalized spacial score (nSPS) is 9.92. The van der Waals surface area contributed by atoms with Crippen LogP contribution in [0.5, 0.6) is 0 Å². The summed E-state index contributed by atoms with van der Waals surface area (Å²) in [6, 6.07) is 18.8. The fourth-order valence-electron chi connectivity index (χ4n) is 1.38. The summed E-state index contributed by atoms with van der Waals surface area (Å²) < 4.78 is 0. The molecule has 13 heavy (non-hydrogen) atoms. The zero-order chi connectivity index (χ0) is 9.10. The van der Waals surface area contributed by atoms with E-state index in [-0.39, 0.29) is 0 Å². The lowest BCUT2D eigenvalue weighted by molar-refractivity contribution is 1.65. The van der Waals surface area contributed by atoms with Crippen molar-refractivity contribution in [2.75, 3.05) is 0 Å². The molecule has 2 aromatic rings. The smallest absolute Gasteiger partial charge is 0.0112 e. The van der Waals surface area contributed by atoms with Crippen LogP contribution in [0, 0.1) is 0 Å². The van der Waals surface area contributed by atoms with E-state index in [1.807, 2.05) is 6.07 Å². The maximum absolute atomic E-state index is 2.76. The Kier molecular flexibility index (Phi) is 2.42. The van der Waals surface area contributed by atoms with Crippen molar-refractivity contribution >= 4 is 14.5 Å². The molecule has 0 aromatic heterocycles. The Morgan fingerprint density at radius 2 is 1.31 bits per heavy atom. The molecule has 0 aliphatic rings. The molecule has 1 unspecified atom stereocenters. The average molecular weight is 186 g/mol. The van der Waals surface area contributed by atoms with Crippen LogP contribution < -0.4 is 5.30 Å². The molecule has 0 aliphatic heterocycles. The summed E-state index contributed by atoms with van der Waals surface area (Å²) in [5.74, 6) is 0. The van der Waals surface area contributed by atoms with Crippen molar-refractivity contribution in [3.8, 4) is 11.1 Å². The number of rotatable bonds is 1. The molecule has 0 saturated heterocycles. The quantitative estimate of drug-likeness (QED) is 0.601. The SMILES string of the molecule is Pc1ccccc1-c1ccccc1. The highest BCUT2D eigenvalue weighted by atomic mass is 31.0. The second-order valence-electron chi connectivity index (χ2n) is 2.95. The Morgan fingerprint density at radius 3 is 2.00 bits per heavy atom. The molecule has 0 bridgehead atoms. The monoisotopic (exact) mass is 186 g/mol.